The number of primary amides is 1. The van der Waals surface area contributed by atoms with E-state index in [9.17, 15) is 13.2 Å². The van der Waals surface area contributed by atoms with Gasteiger partial charge in [-0.25, -0.2) is 8.42 Å². The highest BCUT2D eigenvalue weighted by Crippen LogP contribution is 2.31. The van der Waals surface area contributed by atoms with Crippen molar-refractivity contribution in [3.05, 3.63) is 48.0 Å². The lowest BCUT2D eigenvalue weighted by atomic mass is 10.0. The predicted molar refractivity (Wildman–Crippen MR) is 84.4 cm³/mol. The Morgan fingerprint density at radius 2 is 1.77 bits per heavy atom. The monoisotopic (exact) mass is 319 g/mol. The molecule has 116 valence electrons. The Balaban J connectivity index is 2.42. The van der Waals surface area contributed by atoms with Crippen molar-refractivity contribution in [2.24, 2.45) is 5.73 Å². The molecule has 0 heterocycles. The Bertz CT molecular complexity index is 795. The fourth-order valence-corrected chi connectivity index (χ4v) is 2.66. The van der Waals surface area contributed by atoms with E-state index in [2.05, 4.69) is 0 Å². The van der Waals surface area contributed by atoms with Crippen molar-refractivity contribution in [3.63, 3.8) is 0 Å². The first kappa shape index (κ1) is 16.0. The fraction of sp³-hybridized carbons (Fsp3) is 0.188. The van der Waals surface area contributed by atoms with Gasteiger partial charge in [0.2, 0.25) is 0 Å². The largest absolute Gasteiger partial charge is 0.483 e. The molecule has 5 nitrogen and oxygen atoms in total. The number of ether oxygens (including phenoxy) is 1. The third-order valence-corrected chi connectivity index (χ3v) is 4.23. The maximum atomic E-state index is 11.5. The predicted octanol–water partition coefficient (Wildman–Crippen LogP) is 1.93. The minimum Gasteiger partial charge on any atom is -0.483 e. The lowest BCUT2D eigenvalue weighted by Gasteiger charge is -2.12. The summed E-state index contributed by atoms with van der Waals surface area (Å²) in [5.74, 6) is -0.0320. The van der Waals surface area contributed by atoms with Crippen LogP contribution >= 0.6 is 0 Å². The molecule has 0 fully saturated rings. The Labute approximate surface area is 129 Å². The van der Waals surface area contributed by atoms with Crippen molar-refractivity contribution in [1.29, 1.82) is 0 Å². The number of rotatable bonds is 5. The fourth-order valence-electron chi connectivity index (χ4n) is 2.03. The van der Waals surface area contributed by atoms with Gasteiger partial charge in [-0.15, -0.1) is 0 Å². The van der Waals surface area contributed by atoms with E-state index in [0.717, 1.165) is 22.9 Å². The minimum absolute atomic E-state index is 0.211. The number of hydrogen-bond donors (Lipinski definition) is 1. The molecule has 0 aliphatic rings. The maximum Gasteiger partial charge on any atom is 0.255 e. The van der Waals surface area contributed by atoms with Crippen LogP contribution in [0, 0.1) is 6.92 Å². The van der Waals surface area contributed by atoms with Gasteiger partial charge in [-0.3, -0.25) is 4.79 Å². The number of sulfone groups is 1. The van der Waals surface area contributed by atoms with Crippen LogP contribution in [0.15, 0.2) is 47.4 Å². The van der Waals surface area contributed by atoms with Crippen LogP contribution in [0.2, 0.25) is 0 Å². The Kier molecular flexibility index (Phi) is 4.51. The molecule has 2 aromatic rings. The van der Waals surface area contributed by atoms with E-state index in [4.69, 9.17) is 10.5 Å². The van der Waals surface area contributed by atoms with E-state index in [1.807, 2.05) is 19.1 Å². The van der Waals surface area contributed by atoms with Gasteiger partial charge in [0.1, 0.15) is 5.75 Å². The second-order valence-corrected chi connectivity index (χ2v) is 7.07. The molecule has 0 aromatic heterocycles. The Hall–Kier alpha value is -2.34. The van der Waals surface area contributed by atoms with Gasteiger partial charge in [0.15, 0.2) is 16.4 Å². The van der Waals surface area contributed by atoms with Crippen molar-refractivity contribution < 1.29 is 17.9 Å². The summed E-state index contributed by atoms with van der Waals surface area (Å²) < 4.78 is 28.4. The molecule has 0 radical (unpaired) electrons. The van der Waals surface area contributed by atoms with E-state index in [1.54, 1.807) is 30.3 Å². The standard InChI is InChI=1S/C16H17NO4S/c1-11-3-8-15(21-10-16(17)18)14(9-11)12-4-6-13(7-5-12)22(2,19)20/h3-9H,10H2,1-2H3,(H2,17,18). The summed E-state index contributed by atoms with van der Waals surface area (Å²) in [6, 6.07) is 12.1. The molecule has 0 aliphatic carbocycles. The van der Waals surface area contributed by atoms with Gasteiger partial charge in [0.25, 0.3) is 5.91 Å². The average Bonchev–Trinajstić information content (AvgIpc) is 2.45. The Morgan fingerprint density at radius 3 is 2.32 bits per heavy atom. The number of carbonyl (C=O) groups is 1. The average molecular weight is 319 g/mol. The van der Waals surface area contributed by atoms with Gasteiger partial charge in [0.05, 0.1) is 4.90 Å². The summed E-state index contributed by atoms with van der Waals surface area (Å²) in [4.78, 5) is 11.1. The smallest absolute Gasteiger partial charge is 0.255 e. The van der Waals surface area contributed by atoms with Crippen LogP contribution in [-0.4, -0.2) is 27.2 Å². The van der Waals surface area contributed by atoms with Crippen molar-refractivity contribution >= 4 is 15.7 Å². The summed E-state index contributed by atoms with van der Waals surface area (Å²) in [6.45, 7) is 1.73. The normalized spacial score (nSPS) is 11.2. The zero-order valence-electron chi connectivity index (χ0n) is 12.4. The molecule has 0 spiro atoms. The first-order valence-corrected chi connectivity index (χ1v) is 8.49. The van der Waals surface area contributed by atoms with E-state index in [-0.39, 0.29) is 11.5 Å². The third-order valence-electron chi connectivity index (χ3n) is 3.10. The lowest BCUT2D eigenvalue weighted by molar-refractivity contribution is -0.119. The molecular formula is C16H17NO4S. The molecule has 22 heavy (non-hydrogen) atoms. The lowest BCUT2D eigenvalue weighted by Crippen LogP contribution is -2.20. The van der Waals surface area contributed by atoms with E-state index < -0.39 is 15.7 Å². The number of aryl methyl sites for hydroxylation is 1. The molecule has 0 atom stereocenters. The number of hydrogen-bond acceptors (Lipinski definition) is 4. The molecule has 0 saturated heterocycles. The topological polar surface area (TPSA) is 86.5 Å². The minimum atomic E-state index is -3.23. The summed E-state index contributed by atoms with van der Waals surface area (Å²) in [5, 5.41) is 0. The SMILES string of the molecule is Cc1ccc(OCC(N)=O)c(-c2ccc(S(C)(=O)=O)cc2)c1. The van der Waals surface area contributed by atoms with Gasteiger partial charge in [-0.1, -0.05) is 23.8 Å². The van der Waals surface area contributed by atoms with Crippen molar-refractivity contribution in [2.75, 3.05) is 12.9 Å². The molecule has 1 amide bonds. The highest BCUT2D eigenvalue weighted by molar-refractivity contribution is 7.90. The molecule has 0 aliphatic heterocycles. The van der Waals surface area contributed by atoms with Gasteiger partial charge < -0.3 is 10.5 Å². The van der Waals surface area contributed by atoms with Gasteiger partial charge in [0, 0.05) is 11.8 Å². The highest BCUT2D eigenvalue weighted by Gasteiger charge is 2.11. The number of carbonyl (C=O) groups excluding carboxylic acids is 1. The van der Waals surface area contributed by atoms with Gasteiger partial charge >= 0.3 is 0 Å². The van der Waals surface area contributed by atoms with Crippen LogP contribution in [0.1, 0.15) is 5.56 Å². The summed E-state index contributed by atoms with van der Waals surface area (Å²) in [5.41, 5.74) is 7.70. The molecule has 2 rings (SSSR count). The van der Waals surface area contributed by atoms with E-state index in [0.29, 0.717) is 5.75 Å². The molecular weight excluding hydrogens is 302 g/mol. The van der Waals surface area contributed by atoms with Crippen LogP contribution < -0.4 is 10.5 Å². The highest BCUT2D eigenvalue weighted by atomic mass is 32.2. The van der Waals surface area contributed by atoms with Crippen molar-refractivity contribution in [3.8, 4) is 16.9 Å². The van der Waals surface area contributed by atoms with E-state index >= 15 is 0 Å². The molecule has 2 N–H and O–H groups in total. The molecule has 0 saturated carbocycles. The van der Waals surface area contributed by atoms with Gasteiger partial charge in [-0.2, -0.15) is 0 Å². The molecule has 0 bridgehead atoms. The van der Waals surface area contributed by atoms with Crippen LogP contribution in [0.4, 0.5) is 0 Å². The summed E-state index contributed by atoms with van der Waals surface area (Å²) in [7, 11) is -3.23. The van der Waals surface area contributed by atoms with Crippen molar-refractivity contribution in [2.45, 2.75) is 11.8 Å². The zero-order chi connectivity index (χ0) is 16.3. The number of nitrogens with two attached hydrogens (primary N) is 1. The quantitative estimate of drug-likeness (QED) is 0.912. The molecule has 6 heteroatoms. The zero-order valence-corrected chi connectivity index (χ0v) is 13.2. The molecule has 2 aromatic carbocycles. The number of benzene rings is 2. The van der Waals surface area contributed by atoms with E-state index in [1.165, 1.54) is 0 Å². The second kappa shape index (κ2) is 6.19. The van der Waals surface area contributed by atoms with Crippen LogP contribution in [0.25, 0.3) is 11.1 Å². The summed E-state index contributed by atoms with van der Waals surface area (Å²) >= 11 is 0. The summed E-state index contributed by atoms with van der Waals surface area (Å²) in [6.07, 6.45) is 1.16. The first-order chi connectivity index (χ1) is 10.3. The van der Waals surface area contributed by atoms with Crippen LogP contribution in [0.3, 0.4) is 0 Å². The molecule has 0 unspecified atom stereocenters. The van der Waals surface area contributed by atoms with Gasteiger partial charge in [-0.05, 0) is 36.8 Å². The number of amides is 1. The third kappa shape index (κ3) is 3.85. The van der Waals surface area contributed by atoms with Crippen LogP contribution in [0.5, 0.6) is 5.75 Å². The second-order valence-electron chi connectivity index (χ2n) is 5.05. The van der Waals surface area contributed by atoms with Crippen molar-refractivity contribution in [1.82, 2.24) is 0 Å². The van der Waals surface area contributed by atoms with Crippen LogP contribution in [-0.2, 0) is 14.6 Å². The Morgan fingerprint density at radius 1 is 1.14 bits per heavy atom. The maximum absolute atomic E-state index is 11.5. The first-order valence-electron chi connectivity index (χ1n) is 6.59.